The van der Waals surface area contributed by atoms with Crippen LogP contribution in [0.15, 0.2) is 14.7 Å². The summed E-state index contributed by atoms with van der Waals surface area (Å²) in [6, 6.07) is 1.82. The lowest BCUT2D eigenvalue weighted by molar-refractivity contribution is 0.144. The molecule has 1 atom stereocenters. The first kappa shape index (κ1) is 16.4. The topological polar surface area (TPSA) is 60.9 Å². The molecule has 1 aliphatic rings. The number of aliphatic hydroxyl groups is 1. The van der Waals surface area contributed by atoms with Gasteiger partial charge in [0.15, 0.2) is 0 Å². The molecule has 1 aliphatic heterocycles. The van der Waals surface area contributed by atoms with Crippen LogP contribution in [-0.2, 0) is 16.6 Å². The minimum absolute atomic E-state index is 0.140. The maximum atomic E-state index is 12.7. The standard InChI is InChI=1S/C12H19BrN2O3S2/c1-3-9-7-15(5-4-14(9)2)20(17,18)11-6-10(8-16)19-12(11)13/h6,9,16H,3-5,7-8H2,1-2H3. The Kier molecular flexibility index (Phi) is 5.25. The van der Waals surface area contributed by atoms with E-state index >= 15 is 0 Å². The van der Waals surface area contributed by atoms with E-state index in [1.807, 2.05) is 7.05 Å². The summed E-state index contributed by atoms with van der Waals surface area (Å²) in [6.45, 7) is 3.70. The molecule has 1 saturated heterocycles. The van der Waals surface area contributed by atoms with Crippen LogP contribution >= 0.6 is 27.3 Å². The van der Waals surface area contributed by atoms with Gasteiger partial charge < -0.3 is 10.0 Å². The lowest BCUT2D eigenvalue weighted by atomic mass is 10.1. The second kappa shape index (κ2) is 6.41. The van der Waals surface area contributed by atoms with Crippen LogP contribution in [0.1, 0.15) is 18.2 Å². The highest BCUT2D eigenvalue weighted by Crippen LogP contribution is 2.34. The van der Waals surface area contributed by atoms with Crippen molar-refractivity contribution in [3.05, 3.63) is 14.7 Å². The fourth-order valence-electron chi connectivity index (χ4n) is 2.37. The fraction of sp³-hybridized carbons (Fsp3) is 0.667. The number of hydrogen-bond donors (Lipinski definition) is 1. The Hall–Kier alpha value is 0.01000. The number of hydrogen-bond acceptors (Lipinski definition) is 5. The summed E-state index contributed by atoms with van der Waals surface area (Å²) < 4.78 is 27.5. The minimum atomic E-state index is -3.49. The van der Waals surface area contributed by atoms with Crippen molar-refractivity contribution < 1.29 is 13.5 Å². The van der Waals surface area contributed by atoms with Gasteiger partial charge in [-0.05, 0) is 35.5 Å². The molecule has 1 unspecified atom stereocenters. The van der Waals surface area contributed by atoms with Crippen LogP contribution in [0, 0.1) is 0 Å². The van der Waals surface area contributed by atoms with Crippen molar-refractivity contribution >= 4 is 37.3 Å². The monoisotopic (exact) mass is 382 g/mol. The number of thiophene rings is 1. The number of likely N-dealkylation sites (N-methyl/N-ethyl adjacent to an activating group) is 1. The maximum absolute atomic E-state index is 12.7. The maximum Gasteiger partial charge on any atom is 0.245 e. The van der Waals surface area contributed by atoms with Crippen LogP contribution in [0.3, 0.4) is 0 Å². The third-order valence-corrected chi connectivity index (χ3v) is 7.79. The van der Waals surface area contributed by atoms with Crippen LogP contribution in [-0.4, -0.2) is 55.5 Å². The van der Waals surface area contributed by atoms with Crippen LogP contribution in [0.4, 0.5) is 0 Å². The van der Waals surface area contributed by atoms with Gasteiger partial charge in [-0.15, -0.1) is 11.3 Å². The highest BCUT2D eigenvalue weighted by Gasteiger charge is 2.33. The molecule has 114 valence electrons. The average Bonchev–Trinajstić information content (AvgIpc) is 2.81. The zero-order valence-corrected chi connectivity index (χ0v) is 14.8. The van der Waals surface area contributed by atoms with Gasteiger partial charge in [0, 0.05) is 30.6 Å². The number of sulfonamides is 1. The molecule has 0 bridgehead atoms. The Balaban J connectivity index is 2.28. The van der Waals surface area contributed by atoms with Gasteiger partial charge in [-0.25, -0.2) is 8.42 Å². The van der Waals surface area contributed by atoms with E-state index in [4.69, 9.17) is 5.11 Å². The lowest BCUT2D eigenvalue weighted by Gasteiger charge is -2.38. The summed E-state index contributed by atoms with van der Waals surface area (Å²) in [5, 5.41) is 9.14. The molecule has 1 aromatic heterocycles. The Morgan fingerprint density at radius 3 is 2.75 bits per heavy atom. The van der Waals surface area contributed by atoms with E-state index in [0.29, 0.717) is 21.8 Å². The van der Waals surface area contributed by atoms with Crippen molar-refractivity contribution in [2.45, 2.75) is 30.9 Å². The zero-order valence-electron chi connectivity index (χ0n) is 11.5. The summed E-state index contributed by atoms with van der Waals surface area (Å²) in [5.74, 6) is 0. The average molecular weight is 383 g/mol. The molecule has 0 aliphatic carbocycles. The molecular weight excluding hydrogens is 364 g/mol. The van der Waals surface area contributed by atoms with Crippen molar-refractivity contribution in [3.63, 3.8) is 0 Å². The third kappa shape index (κ3) is 3.10. The van der Waals surface area contributed by atoms with Crippen LogP contribution < -0.4 is 0 Å². The van der Waals surface area contributed by atoms with Gasteiger partial charge in [0.05, 0.1) is 10.4 Å². The summed E-state index contributed by atoms with van der Waals surface area (Å²) in [7, 11) is -1.46. The van der Waals surface area contributed by atoms with Gasteiger partial charge in [0.25, 0.3) is 0 Å². The second-order valence-corrected chi connectivity index (χ2v) is 9.28. The molecule has 20 heavy (non-hydrogen) atoms. The summed E-state index contributed by atoms with van der Waals surface area (Å²) >= 11 is 4.56. The van der Waals surface area contributed by atoms with Gasteiger partial charge in [-0.3, -0.25) is 0 Å². The molecule has 1 N–H and O–H groups in total. The van der Waals surface area contributed by atoms with E-state index < -0.39 is 10.0 Å². The Bertz CT molecular complexity index is 573. The first-order valence-electron chi connectivity index (χ1n) is 6.49. The zero-order chi connectivity index (χ0) is 14.9. The predicted octanol–water partition coefficient (Wildman–Crippen LogP) is 1.72. The van der Waals surface area contributed by atoms with Crippen molar-refractivity contribution in [1.82, 2.24) is 9.21 Å². The quantitative estimate of drug-likeness (QED) is 0.860. The highest BCUT2D eigenvalue weighted by molar-refractivity contribution is 9.11. The Labute approximate surface area is 132 Å². The van der Waals surface area contributed by atoms with E-state index in [1.54, 1.807) is 10.4 Å². The summed E-state index contributed by atoms with van der Waals surface area (Å²) in [4.78, 5) is 3.12. The van der Waals surface area contributed by atoms with Crippen molar-refractivity contribution in [1.29, 1.82) is 0 Å². The Morgan fingerprint density at radius 2 is 2.20 bits per heavy atom. The molecule has 1 aromatic rings. The van der Waals surface area contributed by atoms with Gasteiger partial charge in [0.1, 0.15) is 4.90 Å². The molecule has 2 heterocycles. The first-order chi connectivity index (χ1) is 9.40. The molecule has 0 amide bonds. The van der Waals surface area contributed by atoms with E-state index in [-0.39, 0.29) is 17.5 Å². The van der Waals surface area contributed by atoms with E-state index in [0.717, 1.165) is 13.0 Å². The molecule has 8 heteroatoms. The number of piperazine rings is 1. The second-order valence-electron chi connectivity index (χ2n) is 4.91. The lowest BCUT2D eigenvalue weighted by Crippen LogP contribution is -2.52. The summed E-state index contributed by atoms with van der Waals surface area (Å²) in [5.41, 5.74) is 0. The molecule has 5 nitrogen and oxygen atoms in total. The molecule has 0 spiro atoms. The number of nitrogens with zero attached hydrogens (tertiary/aromatic N) is 2. The van der Waals surface area contributed by atoms with E-state index in [1.165, 1.54) is 11.3 Å². The van der Waals surface area contributed by atoms with Crippen LogP contribution in [0.25, 0.3) is 0 Å². The molecule has 0 aromatic carbocycles. The van der Waals surface area contributed by atoms with Gasteiger partial charge in [-0.2, -0.15) is 4.31 Å². The van der Waals surface area contributed by atoms with Crippen molar-refractivity contribution in [3.8, 4) is 0 Å². The fourth-order valence-corrected chi connectivity index (χ4v) is 6.33. The smallest absolute Gasteiger partial charge is 0.245 e. The normalized spacial score (nSPS) is 22.3. The van der Waals surface area contributed by atoms with E-state index in [2.05, 4.69) is 27.8 Å². The van der Waals surface area contributed by atoms with Crippen LogP contribution in [0.5, 0.6) is 0 Å². The molecule has 1 fully saturated rings. The van der Waals surface area contributed by atoms with Gasteiger partial charge in [-0.1, -0.05) is 6.92 Å². The molecule has 0 radical (unpaired) electrons. The highest BCUT2D eigenvalue weighted by atomic mass is 79.9. The largest absolute Gasteiger partial charge is 0.391 e. The molecular formula is C12H19BrN2O3S2. The van der Waals surface area contributed by atoms with Crippen molar-refractivity contribution in [2.24, 2.45) is 0 Å². The van der Waals surface area contributed by atoms with Crippen molar-refractivity contribution in [2.75, 3.05) is 26.7 Å². The summed E-state index contributed by atoms with van der Waals surface area (Å²) in [6.07, 6.45) is 0.926. The molecule has 0 saturated carbocycles. The minimum Gasteiger partial charge on any atom is -0.391 e. The number of rotatable bonds is 4. The van der Waals surface area contributed by atoms with Gasteiger partial charge >= 0.3 is 0 Å². The predicted molar refractivity (Wildman–Crippen MR) is 83.4 cm³/mol. The number of halogens is 1. The molecule has 2 rings (SSSR count). The first-order valence-corrected chi connectivity index (χ1v) is 9.54. The third-order valence-electron chi connectivity index (χ3n) is 3.69. The van der Waals surface area contributed by atoms with E-state index in [9.17, 15) is 8.42 Å². The number of aliphatic hydroxyl groups excluding tert-OH is 1. The Morgan fingerprint density at radius 1 is 1.50 bits per heavy atom. The van der Waals surface area contributed by atoms with Gasteiger partial charge in [0.2, 0.25) is 10.0 Å². The SMILES string of the molecule is CCC1CN(S(=O)(=O)c2cc(CO)sc2Br)CCN1C. The van der Waals surface area contributed by atoms with Crippen LogP contribution in [0.2, 0.25) is 0 Å².